The smallest absolute Gasteiger partial charge is 0.312 e. The number of carbonyl (C=O) groups excluding carboxylic acids is 3. The Hall–Kier alpha value is -1.63. The van der Waals surface area contributed by atoms with E-state index in [0.717, 1.165) is 0 Å². The van der Waals surface area contributed by atoms with Crippen LogP contribution in [0.1, 0.15) is 33.6 Å². The number of amides is 3. The lowest BCUT2D eigenvalue weighted by Crippen LogP contribution is -2.51. The summed E-state index contributed by atoms with van der Waals surface area (Å²) in [5, 5.41) is 8.12. The molecule has 0 radical (unpaired) electrons. The van der Waals surface area contributed by atoms with E-state index >= 15 is 0 Å². The maximum atomic E-state index is 12.1. The Bertz CT molecular complexity index is 345. The number of ketones is 1. The number of nitrogens with two attached hydrogens (primary N) is 1. The van der Waals surface area contributed by atoms with Crippen LogP contribution in [-0.4, -0.2) is 43.4 Å². The van der Waals surface area contributed by atoms with Gasteiger partial charge in [-0.15, -0.1) is 0 Å². The van der Waals surface area contributed by atoms with E-state index in [4.69, 9.17) is 5.73 Å². The standard InChI is InChI=1S/C13H26N4O3/c1-8(2)11(15-4)12(19)17-10(9(3)18)6-5-7-16-13(14)20/h8,10-11,15H,5-7H2,1-4H3,(H,17,19)(H3,14,16,20)/t10-,11?/m1/s1. The summed E-state index contributed by atoms with van der Waals surface area (Å²) in [6.07, 6.45) is 1.04. The fourth-order valence-electron chi connectivity index (χ4n) is 1.92. The van der Waals surface area contributed by atoms with Gasteiger partial charge < -0.3 is 21.7 Å². The summed E-state index contributed by atoms with van der Waals surface area (Å²) in [7, 11) is 1.71. The molecule has 0 heterocycles. The fraction of sp³-hybridized carbons (Fsp3) is 0.769. The molecule has 0 aromatic rings. The third-order valence-corrected chi connectivity index (χ3v) is 3.04. The van der Waals surface area contributed by atoms with Crippen molar-refractivity contribution >= 4 is 17.7 Å². The van der Waals surface area contributed by atoms with Crippen molar-refractivity contribution in [3.63, 3.8) is 0 Å². The molecule has 7 nitrogen and oxygen atoms in total. The van der Waals surface area contributed by atoms with Gasteiger partial charge in [0.25, 0.3) is 0 Å². The van der Waals surface area contributed by atoms with E-state index in [1.807, 2.05) is 13.8 Å². The molecule has 0 aliphatic rings. The third kappa shape index (κ3) is 7.08. The summed E-state index contributed by atoms with van der Waals surface area (Å²) in [6.45, 7) is 5.69. The first-order valence-electron chi connectivity index (χ1n) is 6.81. The number of likely N-dealkylation sites (N-methyl/N-ethyl adjacent to an activating group) is 1. The zero-order valence-corrected chi connectivity index (χ0v) is 12.7. The minimum absolute atomic E-state index is 0.101. The van der Waals surface area contributed by atoms with Gasteiger partial charge in [0.2, 0.25) is 5.91 Å². The van der Waals surface area contributed by atoms with Crippen LogP contribution in [0.15, 0.2) is 0 Å². The van der Waals surface area contributed by atoms with Crippen molar-refractivity contribution in [3.8, 4) is 0 Å². The first kappa shape index (κ1) is 18.4. The van der Waals surface area contributed by atoms with Crippen LogP contribution in [0, 0.1) is 5.92 Å². The average molecular weight is 286 g/mol. The highest BCUT2D eigenvalue weighted by atomic mass is 16.2. The summed E-state index contributed by atoms with van der Waals surface area (Å²) < 4.78 is 0. The lowest BCUT2D eigenvalue weighted by Gasteiger charge is -2.23. The zero-order chi connectivity index (χ0) is 15.7. The molecule has 0 bridgehead atoms. The van der Waals surface area contributed by atoms with Gasteiger partial charge >= 0.3 is 6.03 Å². The van der Waals surface area contributed by atoms with Gasteiger partial charge in [-0.05, 0) is 32.7 Å². The second-order valence-electron chi connectivity index (χ2n) is 5.12. The van der Waals surface area contributed by atoms with Gasteiger partial charge in [-0.1, -0.05) is 13.8 Å². The Labute approximate surface area is 120 Å². The summed E-state index contributed by atoms with van der Waals surface area (Å²) >= 11 is 0. The molecule has 20 heavy (non-hydrogen) atoms. The summed E-state index contributed by atoms with van der Waals surface area (Å²) in [6, 6.07) is -1.46. The van der Waals surface area contributed by atoms with Crippen molar-refractivity contribution < 1.29 is 14.4 Å². The highest BCUT2D eigenvalue weighted by Gasteiger charge is 2.24. The lowest BCUT2D eigenvalue weighted by molar-refractivity contribution is -0.129. The van der Waals surface area contributed by atoms with Crippen LogP contribution in [0.4, 0.5) is 4.79 Å². The maximum Gasteiger partial charge on any atom is 0.312 e. The highest BCUT2D eigenvalue weighted by Crippen LogP contribution is 2.04. The van der Waals surface area contributed by atoms with Gasteiger partial charge in [0, 0.05) is 6.54 Å². The topological polar surface area (TPSA) is 113 Å². The molecule has 0 fully saturated rings. The number of hydrogen-bond donors (Lipinski definition) is 4. The molecule has 3 amide bonds. The van der Waals surface area contributed by atoms with Crippen molar-refractivity contribution in [1.82, 2.24) is 16.0 Å². The van der Waals surface area contributed by atoms with E-state index in [-0.39, 0.29) is 23.7 Å². The summed E-state index contributed by atoms with van der Waals surface area (Å²) in [5.41, 5.74) is 4.95. The molecular formula is C13H26N4O3. The Balaban J connectivity index is 4.36. The SMILES string of the molecule is CNC(C(=O)N[C@H](CCCNC(N)=O)C(C)=O)C(C)C. The number of nitrogens with one attached hydrogen (secondary N) is 3. The van der Waals surface area contributed by atoms with Crippen molar-refractivity contribution in [3.05, 3.63) is 0 Å². The molecule has 0 aliphatic carbocycles. The molecular weight excluding hydrogens is 260 g/mol. The normalized spacial score (nSPS) is 13.7. The van der Waals surface area contributed by atoms with Gasteiger partial charge in [-0.25, -0.2) is 4.79 Å². The number of Topliss-reactive ketones (excluding diaryl/α,β-unsaturated/α-hetero) is 1. The molecule has 5 N–H and O–H groups in total. The summed E-state index contributed by atoms with van der Waals surface area (Å²) in [5.74, 6) is -0.161. The van der Waals surface area contributed by atoms with Crippen LogP contribution in [-0.2, 0) is 9.59 Å². The minimum atomic E-state index is -0.594. The van der Waals surface area contributed by atoms with E-state index in [0.29, 0.717) is 19.4 Å². The monoisotopic (exact) mass is 286 g/mol. The van der Waals surface area contributed by atoms with Crippen molar-refractivity contribution in [2.75, 3.05) is 13.6 Å². The molecule has 2 atom stereocenters. The molecule has 1 unspecified atom stereocenters. The predicted molar refractivity (Wildman–Crippen MR) is 77.1 cm³/mol. The van der Waals surface area contributed by atoms with Gasteiger partial charge in [0.15, 0.2) is 5.78 Å². The third-order valence-electron chi connectivity index (χ3n) is 3.04. The van der Waals surface area contributed by atoms with Crippen LogP contribution in [0.5, 0.6) is 0 Å². The molecule has 0 aromatic heterocycles. The van der Waals surface area contributed by atoms with Crippen LogP contribution in [0.3, 0.4) is 0 Å². The van der Waals surface area contributed by atoms with E-state index in [1.165, 1.54) is 6.92 Å². The largest absolute Gasteiger partial charge is 0.352 e. The van der Waals surface area contributed by atoms with E-state index in [2.05, 4.69) is 16.0 Å². The average Bonchev–Trinajstić information content (AvgIpc) is 2.32. The van der Waals surface area contributed by atoms with Crippen LogP contribution in [0.2, 0.25) is 0 Å². The predicted octanol–water partition coefficient (Wildman–Crippen LogP) is -0.247. The number of rotatable bonds is 9. The van der Waals surface area contributed by atoms with Gasteiger partial charge in [0.1, 0.15) is 0 Å². The van der Waals surface area contributed by atoms with E-state index in [9.17, 15) is 14.4 Å². The van der Waals surface area contributed by atoms with E-state index < -0.39 is 12.1 Å². The molecule has 0 rings (SSSR count). The maximum absolute atomic E-state index is 12.1. The second-order valence-corrected chi connectivity index (χ2v) is 5.12. The Kier molecular flexibility index (Phi) is 8.54. The lowest BCUT2D eigenvalue weighted by atomic mass is 10.0. The Morgan fingerprint density at radius 2 is 1.80 bits per heavy atom. The van der Waals surface area contributed by atoms with Gasteiger partial charge in [0.05, 0.1) is 12.1 Å². The fourth-order valence-corrected chi connectivity index (χ4v) is 1.92. The number of urea groups is 1. The first-order chi connectivity index (χ1) is 9.29. The van der Waals surface area contributed by atoms with Crippen molar-refractivity contribution in [1.29, 1.82) is 0 Å². The number of hydrogen-bond acceptors (Lipinski definition) is 4. The van der Waals surface area contributed by atoms with Gasteiger partial charge in [-0.2, -0.15) is 0 Å². The van der Waals surface area contributed by atoms with Crippen molar-refractivity contribution in [2.45, 2.75) is 45.7 Å². The minimum Gasteiger partial charge on any atom is -0.352 e. The van der Waals surface area contributed by atoms with Crippen LogP contribution < -0.4 is 21.7 Å². The molecule has 0 aromatic carbocycles. The molecule has 116 valence electrons. The zero-order valence-electron chi connectivity index (χ0n) is 12.7. The van der Waals surface area contributed by atoms with E-state index in [1.54, 1.807) is 7.05 Å². The molecule has 0 saturated heterocycles. The van der Waals surface area contributed by atoms with Crippen LogP contribution >= 0.6 is 0 Å². The number of carbonyl (C=O) groups is 3. The van der Waals surface area contributed by atoms with Crippen molar-refractivity contribution in [2.24, 2.45) is 11.7 Å². The summed E-state index contributed by atoms with van der Waals surface area (Å²) in [4.78, 5) is 34.1. The molecule has 0 spiro atoms. The van der Waals surface area contributed by atoms with Crippen LogP contribution in [0.25, 0.3) is 0 Å². The Morgan fingerprint density at radius 3 is 2.20 bits per heavy atom. The molecule has 0 aliphatic heterocycles. The highest BCUT2D eigenvalue weighted by molar-refractivity contribution is 5.89. The van der Waals surface area contributed by atoms with Gasteiger partial charge in [-0.3, -0.25) is 9.59 Å². The first-order valence-corrected chi connectivity index (χ1v) is 6.81. The molecule has 0 saturated carbocycles. The quantitative estimate of drug-likeness (QED) is 0.438. The Morgan fingerprint density at radius 1 is 1.20 bits per heavy atom. The second kappa shape index (κ2) is 9.30. The molecule has 7 heteroatoms. The number of primary amides is 1.